The zero-order chi connectivity index (χ0) is 7.44. The summed E-state index contributed by atoms with van der Waals surface area (Å²) in [6, 6.07) is 0. The van der Waals surface area contributed by atoms with Gasteiger partial charge in [0.25, 0.3) is 5.91 Å². The molecule has 0 aliphatic heterocycles. The highest BCUT2D eigenvalue weighted by Crippen LogP contribution is 1.94. The third-order valence-electron chi connectivity index (χ3n) is 0.887. The highest BCUT2D eigenvalue weighted by atomic mass is 16.3. The van der Waals surface area contributed by atoms with E-state index in [4.69, 9.17) is 0 Å². The largest absolute Gasteiger partial charge is 0.369 e. The van der Waals surface area contributed by atoms with Crippen molar-refractivity contribution in [1.82, 2.24) is 0 Å². The lowest BCUT2D eigenvalue weighted by atomic mass is 10.2. The number of nitrogens with two attached hydrogens (primary N) is 1. The maximum atomic E-state index is 10.2. The monoisotopic (exact) mass is 130 g/mol. The Morgan fingerprint density at radius 1 is 1.56 bits per heavy atom. The molecule has 50 valence electrons. The van der Waals surface area contributed by atoms with Crippen molar-refractivity contribution >= 4 is 11.8 Å². The molecule has 0 aromatic heterocycles. The summed E-state index contributed by atoms with van der Waals surface area (Å²) in [5.74, 6) is -2.95. The molecule has 0 rings (SSSR count). The van der Waals surface area contributed by atoms with E-state index in [9.17, 15) is 14.5 Å². The summed E-state index contributed by atoms with van der Waals surface area (Å²) in [5.41, 5.74) is 4.65. The Morgan fingerprint density at radius 3 is 2.11 bits per heavy atom. The van der Waals surface area contributed by atoms with E-state index in [1.807, 2.05) is 5.18 Å². The summed E-state index contributed by atoms with van der Waals surface area (Å²) in [4.78, 5) is 29.7. The molecule has 0 spiro atoms. The molecule has 0 aromatic rings. The predicted octanol–water partition coefficient (Wildman–Crippen LogP) is -0.599. The third-order valence-corrected chi connectivity index (χ3v) is 0.887. The minimum Gasteiger partial charge on any atom is -0.369 e. The van der Waals surface area contributed by atoms with E-state index in [0.717, 1.165) is 0 Å². The number of nitrogens with zero attached hydrogens (tertiary/aromatic N) is 1. The minimum atomic E-state index is -1.09. The van der Waals surface area contributed by atoms with Crippen molar-refractivity contribution in [1.29, 1.82) is 0 Å². The van der Waals surface area contributed by atoms with Crippen molar-refractivity contribution in [2.45, 2.75) is 6.92 Å². The molecule has 2 N–H and O–H groups in total. The number of carbonyl (C=O) groups excluding carboxylic acids is 2. The third kappa shape index (κ3) is 1.98. The average molecular weight is 130 g/mol. The van der Waals surface area contributed by atoms with E-state index < -0.39 is 17.7 Å². The molecule has 1 atom stereocenters. The SMILES string of the molecule is CC(C(N)=O)C(=O)N=O. The van der Waals surface area contributed by atoms with Gasteiger partial charge in [-0.05, 0) is 6.92 Å². The molecule has 0 heterocycles. The van der Waals surface area contributed by atoms with Crippen molar-refractivity contribution in [2.24, 2.45) is 16.8 Å². The summed E-state index contributed by atoms with van der Waals surface area (Å²) in [7, 11) is 0. The number of rotatable bonds is 2. The maximum absolute atomic E-state index is 10.2. The molecule has 5 nitrogen and oxygen atoms in total. The number of nitroso groups, excluding NO2 is 1. The van der Waals surface area contributed by atoms with Gasteiger partial charge < -0.3 is 5.73 Å². The first-order valence-corrected chi connectivity index (χ1v) is 2.26. The molecule has 0 saturated carbocycles. The lowest BCUT2D eigenvalue weighted by Crippen LogP contribution is -2.26. The van der Waals surface area contributed by atoms with Crippen molar-refractivity contribution in [2.75, 3.05) is 0 Å². The number of carbonyl (C=O) groups is 2. The molecule has 5 heteroatoms. The van der Waals surface area contributed by atoms with Crippen LogP contribution in [0.25, 0.3) is 0 Å². The van der Waals surface area contributed by atoms with Gasteiger partial charge >= 0.3 is 0 Å². The average Bonchev–Trinajstić information content (AvgIpc) is 1.84. The highest BCUT2D eigenvalue weighted by molar-refractivity contribution is 5.99. The summed E-state index contributed by atoms with van der Waals surface area (Å²) in [6.45, 7) is 1.23. The fourth-order valence-electron chi connectivity index (χ4n) is 0.201. The Hall–Kier alpha value is -1.26. The van der Waals surface area contributed by atoms with Gasteiger partial charge in [-0.25, -0.2) is 0 Å². The van der Waals surface area contributed by atoms with Crippen LogP contribution in [0.5, 0.6) is 0 Å². The molecule has 0 aliphatic rings. The van der Waals surface area contributed by atoms with Crippen LogP contribution >= 0.6 is 0 Å². The maximum Gasteiger partial charge on any atom is 0.298 e. The van der Waals surface area contributed by atoms with Gasteiger partial charge in [0.1, 0.15) is 5.92 Å². The van der Waals surface area contributed by atoms with E-state index in [1.165, 1.54) is 6.92 Å². The van der Waals surface area contributed by atoms with Crippen LogP contribution in [0.3, 0.4) is 0 Å². The zero-order valence-electron chi connectivity index (χ0n) is 4.83. The molecule has 0 aromatic carbocycles. The first-order valence-electron chi connectivity index (χ1n) is 2.26. The van der Waals surface area contributed by atoms with E-state index in [-0.39, 0.29) is 0 Å². The van der Waals surface area contributed by atoms with Crippen LogP contribution in [-0.2, 0) is 9.59 Å². The smallest absolute Gasteiger partial charge is 0.298 e. The van der Waals surface area contributed by atoms with Gasteiger partial charge in [-0.3, -0.25) is 9.59 Å². The summed E-state index contributed by atoms with van der Waals surface area (Å²) in [5, 5.41) is 2.02. The van der Waals surface area contributed by atoms with Crippen LogP contribution in [0.2, 0.25) is 0 Å². The van der Waals surface area contributed by atoms with Crippen molar-refractivity contribution < 1.29 is 9.59 Å². The second kappa shape index (κ2) is 2.91. The first kappa shape index (κ1) is 7.74. The quantitative estimate of drug-likeness (QED) is 0.399. The Morgan fingerprint density at radius 2 is 2.00 bits per heavy atom. The highest BCUT2D eigenvalue weighted by Gasteiger charge is 2.18. The predicted molar refractivity (Wildman–Crippen MR) is 29.2 cm³/mol. The Bertz CT molecular complexity index is 154. The normalized spacial score (nSPS) is 12.1. The minimum absolute atomic E-state index is 0.834. The van der Waals surface area contributed by atoms with Gasteiger partial charge in [0.15, 0.2) is 0 Å². The molecular weight excluding hydrogens is 124 g/mol. The zero-order valence-corrected chi connectivity index (χ0v) is 4.83. The molecule has 9 heavy (non-hydrogen) atoms. The standard InChI is InChI=1S/C4H6N2O3/c1-2(3(5)7)4(8)6-9/h2H,1H3,(H2,5,7). The second-order valence-electron chi connectivity index (χ2n) is 1.55. The lowest BCUT2D eigenvalue weighted by molar-refractivity contribution is -0.130. The van der Waals surface area contributed by atoms with Gasteiger partial charge in [0.05, 0.1) is 0 Å². The number of hydrogen-bond acceptors (Lipinski definition) is 3. The van der Waals surface area contributed by atoms with Crippen LogP contribution in [0.4, 0.5) is 0 Å². The number of primary amides is 1. The van der Waals surface area contributed by atoms with Gasteiger partial charge in [-0.1, -0.05) is 0 Å². The van der Waals surface area contributed by atoms with Crippen molar-refractivity contribution in [3.05, 3.63) is 4.91 Å². The molecule has 0 radical (unpaired) electrons. The van der Waals surface area contributed by atoms with Crippen LogP contribution in [0.15, 0.2) is 5.18 Å². The molecule has 0 saturated heterocycles. The molecule has 0 bridgehead atoms. The van der Waals surface area contributed by atoms with Crippen LogP contribution < -0.4 is 5.73 Å². The van der Waals surface area contributed by atoms with E-state index in [0.29, 0.717) is 0 Å². The first-order chi connectivity index (χ1) is 4.09. The van der Waals surface area contributed by atoms with Crippen molar-refractivity contribution in [3.8, 4) is 0 Å². The molecule has 2 amide bonds. The number of hydrogen-bond donors (Lipinski definition) is 1. The Kier molecular flexibility index (Phi) is 2.50. The summed E-state index contributed by atoms with van der Waals surface area (Å²) < 4.78 is 0. The van der Waals surface area contributed by atoms with Crippen molar-refractivity contribution in [3.63, 3.8) is 0 Å². The van der Waals surface area contributed by atoms with Crippen LogP contribution in [0.1, 0.15) is 6.92 Å². The van der Waals surface area contributed by atoms with Crippen LogP contribution in [-0.4, -0.2) is 11.8 Å². The molecule has 0 fully saturated rings. The van der Waals surface area contributed by atoms with Gasteiger partial charge in [-0.15, -0.1) is 4.91 Å². The van der Waals surface area contributed by atoms with E-state index >= 15 is 0 Å². The molecular formula is C4H6N2O3. The second-order valence-corrected chi connectivity index (χ2v) is 1.55. The Labute approximate surface area is 51.2 Å². The fraction of sp³-hybridized carbons (Fsp3) is 0.500. The van der Waals surface area contributed by atoms with Gasteiger partial charge in [-0.2, -0.15) is 0 Å². The Balaban J connectivity index is 4.03. The topological polar surface area (TPSA) is 89.6 Å². The van der Waals surface area contributed by atoms with Gasteiger partial charge in [0, 0.05) is 5.18 Å². The van der Waals surface area contributed by atoms with Crippen LogP contribution in [0, 0.1) is 10.8 Å². The summed E-state index contributed by atoms with van der Waals surface area (Å²) >= 11 is 0. The lowest BCUT2D eigenvalue weighted by Gasteiger charge is -1.95. The number of amides is 2. The van der Waals surface area contributed by atoms with Gasteiger partial charge in [0.2, 0.25) is 5.91 Å². The van der Waals surface area contributed by atoms with E-state index in [2.05, 4.69) is 5.73 Å². The van der Waals surface area contributed by atoms with E-state index in [1.54, 1.807) is 0 Å². The molecule has 0 aliphatic carbocycles. The summed E-state index contributed by atoms with van der Waals surface area (Å²) in [6.07, 6.45) is 0. The fourth-order valence-corrected chi connectivity index (χ4v) is 0.201. The molecule has 1 unspecified atom stereocenters.